The molecule has 0 spiro atoms. The molecule has 2 N–H and O–H groups in total. The lowest BCUT2D eigenvalue weighted by Gasteiger charge is -2.22. The number of carbonyl (C=O) groups excluding carboxylic acids is 1. The summed E-state index contributed by atoms with van der Waals surface area (Å²) in [5.74, 6) is 0. The monoisotopic (exact) mass is 186 g/mol. The van der Waals surface area contributed by atoms with E-state index in [1.807, 2.05) is 0 Å². The van der Waals surface area contributed by atoms with Crippen LogP contribution in [0.4, 0.5) is 4.79 Å². The van der Waals surface area contributed by atoms with Gasteiger partial charge >= 0.3 is 6.09 Å². The van der Waals surface area contributed by atoms with Crippen LogP contribution in [0.5, 0.6) is 0 Å². The van der Waals surface area contributed by atoms with Gasteiger partial charge in [-0.2, -0.15) is 0 Å². The van der Waals surface area contributed by atoms with Gasteiger partial charge in [0.25, 0.3) is 0 Å². The van der Waals surface area contributed by atoms with Crippen LogP contribution in [0, 0.1) is 0 Å². The van der Waals surface area contributed by atoms with Gasteiger partial charge in [-0.3, -0.25) is 5.43 Å². The van der Waals surface area contributed by atoms with Crippen LogP contribution in [-0.2, 0) is 4.74 Å². The van der Waals surface area contributed by atoms with Crippen molar-refractivity contribution >= 4 is 6.09 Å². The Morgan fingerprint density at radius 1 is 1.38 bits per heavy atom. The van der Waals surface area contributed by atoms with Crippen LogP contribution in [0.2, 0.25) is 0 Å². The highest BCUT2D eigenvalue weighted by Crippen LogP contribution is 2.16. The van der Waals surface area contributed by atoms with E-state index in [1.165, 1.54) is 19.3 Å². The Kier molecular flexibility index (Phi) is 4.60. The normalized spacial score (nSPS) is 18.2. The number of amides is 1. The molecule has 76 valence electrons. The van der Waals surface area contributed by atoms with Crippen molar-refractivity contribution in [2.75, 3.05) is 6.61 Å². The zero-order valence-electron chi connectivity index (χ0n) is 8.14. The largest absolute Gasteiger partial charge is 0.449 e. The molecule has 0 aromatic carbocycles. The molecule has 1 fully saturated rings. The molecule has 1 amide bonds. The molecule has 0 aromatic rings. The molecule has 4 nitrogen and oxygen atoms in total. The highest BCUT2D eigenvalue weighted by molar-refractivity contribution is 5.66. The van der Waals surface area contributed by atoms with Crippen molar-refractivity contribution in [3.8, 4) is 0 Å². The molecule has 0 aromatic heterocycles. The summed E-state index contributed by atoms with van der Waals surface area (Å²) in [4.78, 5) is 10.9. The van der Waals surface area contributed by atoms with Gasteiger partial charge in [-0.15, -0.1) is 0 Å². The van der Waals surface area contributed by atoms with E-state index in [4.69, 9.17) is 4.74 Å². The van der Waals surface area contributed by atoms with Gasteiger partial charge in [0.15, 0.2) is 0 Å². The van der Waals surface area contributed by atoms with Crippen LogP contribution in [-0.4, -0.2) is 18.7 Å². The summed E-state index contributed by atoms with van der Waals surface area (Å²) in [5.41, 5.74) is 5.52. The number of hydrogen-bond donors (Lipinski definition) is 2. The quantitative estimate of drug-likeness (QED) is 0.658. The Bertz CT molecular complexity index is 156. The lowest BCUT2D eigenvalue weighted by Crippen LogP contribution is -2.45. The minimum atomic E-state index is -0.381. The molecule has 1 aliphatic rings. The lowest BCUT2D eigenvalue weighted by molar-refractivity contribution is 0.143. The lowest BCUT2D eigenvalue weighted by atomic mass is 9.96. The maximum Gasteiger partial charge on any atom is 0.421 e. The molecule has 0 radical (unpaired) electrons. The third-order valence-corrected chi connectivity index (χ3v) is 2.26. The van der Waals surface area contributed by atoms with E-state index in [0.717, 1.165) is 12.8 Å². The predicted octanol–water partition coefficient (Wildman–Crippen LogP) is 1.57. The van der Waals surface area contributed by atoms with Gasteiger partial charge in [0, 0.05) is 6.04 Å². The molecule has 0 unspecified atom stereocenters. The predicted molar refractivity (Wildman–Crippen MR) is 50.2 cm³/mol. The van der Waals surface area contributed by atoms with E-state index >= 15 is 0 Å². The number of nitrogens with one attached hydrogen (secondary N) is 2. The van der Waals surface area contributed by atoms with Crippen LogP contribution >= 0.6 is 0 Å². The average molecular weight is 186 g/mol. The highest BCUT2D eigenvalue weighted by Gasteiger charge is 2.13. The first kappa shape index (κ1) is 10.3. The molecule has 0 heterocycles. The molecule has 4 heteroatoms. The van der Waals surface area contributed by atoms with Crippen LogP contribution < -0.4 is 10.9 Å². The second kappa shape index (κ2) is 5.80. The van der Waals surface area contributed by atoms with Gasteiger partial charge in [-0.05, 0) is 19.8 Å². The van der Waals surface area contributed by atoms with Crippen molar-refractivity contribution in [2.24, 2.45) is 0 Å². The molecule has 1 rings (SSSR count). The Morgan fingerprint density at radius 2 is 2.08 bits per heavy atom. The average Bonchev–Trinajstić information content (AvgIpc) is 2.17. The molecular weight excluding hydrogens is 168 g/mol. The van der Waals surface area contributed by atoms with Crippen LogP contribution in [0.15, 0.2) is 0 Å². The summed E-state index contributed by atoms with van der Waals surface area (Å²) >= 11 is 0. The summed E-state index contributed by atoms with van der Waals surface area (Å²) in [6.07, 6.45) is 5.73. The Morgan fingerprint density at radius 3 is 2.69 bits per heavy atom. The minimum absolute atomic E-state index is 0.381. The smallest absolute Gasteiger partial charge is 0.421 e. The molecule has 0 aliphatic heterocycles. The SMILES string of the molecule is CCOC(=O)NNC1CCCCC1. The van der Waals surface area contributed by atoms with E-state index in [-0.39, 0.29) is 6.09 Å². The van der Waals surface area contributed by atoms with Crippen molar-refractivity contribution in [1.82, 2.24) is 10.9 Å². The van der Waals surface area contributed by atoms with Gasteiger partial charge in [0.2, 0.25) is 0 Å². The molecule has 13 heavy (non-hydrogen) atoms. The maximum absolute atomic E-state index is 10.9. The van der Waals surface area contributed by atoms with Crippen molar-refractivity contribution < 1.29 is 9.53 Å². The summed E-state index contributed by atoms with van der Waals surface area (Å²) < 4.78 is 4.72. The van der Waals surface area contributed by atoms with Crippen LogP contribution in [0.25, 0.3) is 0 Å². The second-order valence-corrected chi connectivity index (χ2v) is 3.32. The van der Waals surface area contributed by atoms with Crippen molar-refractivity contribution in [3.05, 3.63) is 0 Å². The van der Waals surface area contributed by atoms with Crippen molar-refractivity contribution in [3.63, 3.8) is 0 Å². The number of ether oxygens (including phenoxy) is 1. The number of carbonyl (C=O) groups is 1. The summed E-state index contributed by atoms with van der Waals surface area (Å²) in [7, 11) is 0. The van der Waals surface area contributed by atoms with Gasteiger partial charge in [-0.1, -0.05) is 19.3 Å². The van der Waals surface area contributed by atoms with Gasteiger partial charge < -0.3 is 4.74 Å². The number of hydrogen-bond acceptors (Lipinski definition) is 3. The van der Waals surface area contributed by atoms with Crippen molar-refractivity contribution in [1.29, 1.82) is 0 Å². The fourth-order valence-electron chi connectivity index (χ4n) is 1.58. The number of hydrazine groups is 1. The summed E-state index contributed by atoms with van der Waals surface area (Å²) in [5, 5.41) is 0. The van der Waals surface area contributed by atoms with Crippen molar-refractivity contribution in [2.45, 2.75) is 45.1 Å². The van der Waals surface area contributed by atoms with Crippen LogP contribution in [0.1, 0.15) is 39.0 Å². The summed E-state index contributed by atoms with van der Waals surface area (Å²) in [6.45, 7) is 2.21. The number of rotatable bonds is 3. The Hall–Kier alpha value is -0.770. The third-order valence-electron chi connectivity index (χ3n) is 2.26. The second-order valence-electron chi connectivity index (χ2n) is 3.32. The van der Waals surface area contributed by atoms with Gasteiger partial charge in [0.1, 0.15) is 0 Å². The van der Waals surface area contributed by atoms with Gasteiger partial charge in [-0.25, -0.2) is 10.2 Å². The molecular formula is C9H18N2O2. The standard InChI is InChI=1S/C9H18N2O2/c1-2-13-9(12)11-10-8-6-4-3-5-7-8/h8,10H,2-7H2,1H3,(H,11,12). The summed E-state index contributed by atoms with van der Waals surface area (Å²) in [6, 6.07) is 0.429. The topological polar surface area (TPSA) is 50.4 Å². The fourth-order valence-corrected chi connectivity index (χ4v) is 1.58. The third kappa shape index (κ3) is 4.12. The fraction of sp³-hybridized carbons (Fsp3) is 0.889. The zero-order valence-corrected chi connectivity index (χ0v) is 8.14. The molecule has 0 saturated heterocycles. The van der Waals surface area contributed by atoms with Gasteiger partial charge in [0.05, 0.1) is 6.61 Å². The van der Waals surface area contributed by atoms with E-state index in [0.29, 0.717) is 12.6 Å². The molecule has 0 atom stereocenters. The molecule has 1 saturated carbocycles. The Balaban J connectivity index is 2.06. The Labute approximate surface area is 79.0 Å². The molecule has 1 aliphatic carbocycles. The van der Waals surface area contributed by atoms with E-state index in [1.54, 1.807) is 6.92 Å². The maximum atomic E-state index is 10.9. The highest BCUT2D eigenvalue weighted by atomic mass is 16.5. The first-order valence-corrected chi connectivity index (χ1v) is 5.01. The minimum Gasteiger partial charge on any atom is -0.449 e. The molecule has 0 bridgehead atoms. The van der Waals surface area contributed by atoms with E-state index in [2.05, 4.69) is 10.9 Å². The van der Waals surface area contributed by atoms with E-state index in [9.17, 15) is 4.79 Å². The first-order chi connectivity index (χ1) is 6.33. The zero-order chi connectivity index (χ0) is 9.52. The first-order valence-electron chi connectivity index (χ1n) is 5.01. The van der Waals surface area contributed by atoms with E-state index < -0.39 is 0 Å². The van der Waals surface area contributed by atoms with Crippen LogP contribution in [0.3, 0.4) is 0 Å².